The summed E-state index contributed by atoms with van der Waals surface area (Å²) in [7, 11) is 0. The number of benzene rings is 1. The lowest BCUT2D eigenvalue weighted by Crippen LogP contribution is -2.15. The van der Waals surface area contributed by atoms with Crippen LogP contribution in [-0.4, -0.2) is 33.1 Å². The molecule has 0 saturated heterocycles. The van der Waals surface area contributed by atoms with Gasteiger partial charge in [-0.05, 0) is 18.2 Å². The maximum absolute atomic E-state index is 11.9. The predicted octanol–water partition coefficient (Wildman–Crippen LogP) is 0.459. The number of rotatable bonds is 4. The van der Waals surface area contributed by atoms with Gasteiger partial charge >= 0.3 is 5.97 Å². The molecule has 8 nitrogen and oxygen atoms in total. The monoisotopic (exact) mass is 274 g/mol. The highest BCUT2D eigenvalue weighted by atomic mass is 16.4. The molecule has 0 atom stereocenters. The number of aromatic amines is 1. The fourth-order valence-electron chi connectivity index (χ4n) is 1.50. The van der Waals surface area contributed by atoms with E-state index < -0.39 is 17.8 Å². The molecule has 0 aliphatic heterocycles. The van der Waals surface area contributed by atoms with Crippen LogP contribution in [0.1, 0.15) is 31.2 Å². The minimum absolute atomic E-state index is 0.0666. The highest BCUT2D eigenvalue weighted by molar-refractivity contribution is 6.05. The molecule has 0 bridgehead atoms. The predicted molar refractivity (Wildman–Crippen MR) is 68.5 cm³/mol. The number of nitrogens with one attached hydrogen (secondary N) is 2. The standard InChI is InChI=1S/C12H10N4O4/c13-10(17)6-2-1-3-7(4-6)11(18)14-9-5-8(12(19)20)15-16-9/h1-5H,(H2,13,17)(H,19,20)(H2,14,15,16,18). The summed E-state index contributed by atoms with van der Waals surface area (Å²) >= 11 is 0. The lowest BCUT2D eigenvalue weighted by Gasteiger charge is -2.03. The van der Waals surface area contributed by atoms with Gasteiger partial charge in [0, 0.05) is 17.2 Å². The zero-order valence-electron chi connectivity index (χ0n) is 10.1. The second kappa shape index (κ2) is 5.22. The summed E-state index contributed by atoms with van der Waals surface area (Å²) in [6.45, 7) is 0. The average Bonchev–Trinajstić information content (AvgIpc) is 2.87. The van der Waals surface area contributed by atoms with Crippen LogP contribution < -0.4 is 11.1 Å². The number of carbonyl (C=O) groups is 3. The molecule has 0 spiro atoms. The van der Waals surface area contributed by atoms with Crippen molar-refractivity contribution in [3.63, 3.8) is 0 Å². The number of primary amides is 1. The van der Waals surface area contributed by atoms with Gasteiger partial charge in [0.1, 0.15) is 5.69 Å². The molecule has 8 heteroatoms. The zero-order chi connectivity index (χ0) is 14.7. The Bertz CT molecular complexity index is 692. The molecule has 0 radical (unpaired) electrons. The SMILES string of the molecule is NC(=O)c1cccc(C(=O)Nc2cc(C(=O)O)[nH]n2)c1. The van der Waals surface area contributed by atoms with Crippen LogP contribution in [-0.2, 0) is 0 Å². The van der Waals surface area contributed by atoms with Crippen molar-refractivity contribution in [3.05, 3.63) is 47.2 Å². The molecule has 0 unspecified atom stereocenters. The van der Waals surface area contributed by atoms with Crippen LogP contribution in [0.25, 0.3) is 0 Å². The Morgan fingerprint density at radius 1 is 1.20 bits per heavy atom. The Morgan fingerprint density at radius 3 is 2.50 bits per heavy atom. The number of aromatic nitrogens is 2. The Labute approximate surface area is 112 Å². The van der Waals surface area contributed by atoms with E-state index in [0.29, 0.717) is 0 Å². The van der Waals surface area contributed by atoms with Crippen molar-refractivity contribution in [2.75, 3.05) is 5.32 Å². The largest absolute Gasteiger partial charge is 0.477 e. The van der Waals surface area contributed by atoms with E-state index in [1.165, 1.54) is 30.3 Å². The van der Waals surface area contributed by atoms with Crippen LogP contribution in [0.2, 0.25) is 0 Å². The van der Waals surface area contributed by atoms with Crippen LogP contribution >= 0.6 is 0 Å². The maximum Gasteiger partial charge on any atom is 0.353 e. The van der Waals surface area contributed by atoms with Crippen molar-refractivity contribution in [3.8, 4) is 0 Å². The molecular weight excluding hydrogens is 264 g/mol. The van der Waals surface area contributed by atoms with Crippen LogP contribution in [0.5, 0.6) is 0 Å². The van der Waals surface area contributed by atoms with E-state index in [1.807, 2.05) is 0 Å². The van der Waals surface area contributed by atoms with Crippen molar-refractivity contribution in [2.24, 2.45) is 5.73 Å². The van der Waals surface area contributed by atoms with Gasteiger partial charge in [-0.25, -0.2) is 4.79 Å². The summed E-state index contributed by atoms with van der Waals surface area (Å²) in [6, 6.07) is 7.01. The number of carboxylic acid groups (broad SMARTS) is 1. The van der Waals surface area contributed by atoms with Crippen molar-refractivity contribution in [2.45, 2.75) is 0 Å². The molecule has 1 heterocycles. The van der Waals surface area contributed by atoms with Crippen LogP contribution in [0.4, 0.5) is 5.82 Å². The van der Waals surface area contributed by atoms with Gasteiger partial charge in [0.15, 0.2) is 5.82 Å². The molecule has 1 aromatic carbocycles. The normalized spacial score (nSPS) is 10.0. The lowest BCUT2D eigenvalue weighted by atomic mass is 10.1. The number of nitrogens with zero attached hydrogens (tertiary/aromatic N) is 1. The number of H-pyrrole nitrogens is 1. The van der Waals surface area contributed by atoms with E-state index in [2.05, 4.69) is 15.5 Å². The van der Waals surface area contributed by atoms with E-state index in [-0.39, 0.29) is 22.6 Å². The van der Waals surface area contributed by atoms with E-state index in [9.17, 15) is 14.4 Å². The van der Waals surface area contributed by atoms with Crippen molar-refractivity contribution < 1.29 is 19.5 Å². The van der Waals surface area contributed by atoms with Gasteiger partial charge in [0.2, 0.25) is 5.91 Å². The Kier molecular flexibility index (Phi) is 3.47. The van der Waals surface area contributed by atoms with Gasteiger partial charge < -0.3 is 16.2 Å². The first-order chi connectivity index (χ1) is 9.47. The van der Waals surface area contributed by atoms with E-state index in [1.54, 1.807) is 0 Å². The smallest absolute Gasteiger partial charge is 0.353 e. The summed E-state index contributed by atoms with van der Waals surface area (Å²) in [5.41, 5.74) is 5.38. The quantitative estimate of drug-likeness (QED) is 0.641. The molecule has 2 rings (SSSR count). The number of anilines is 1. The Balaban J connectivity index is 2.17. The molecule has 2 aromatic rings. The average molecular weight is 274 g/mol. The van der Waals surface area contributed by atoms with Gasteiger partial charge in [0.25, 0.3) is 5.91 Å². The summed E-state index contributed by atoms with van der Waals surface area (Å²) in [4.78, 5) is 33.6. The summed E-state index contributed by atoms with van der Waals surface area (Å²) in [6.07, 6.45) is 0. The highest BCUT2D eigenvalue weighted by Gasteiger charge is 2.12. The van der Waals surface area contributed by atoms with E-state index in [0.717, 1.165) is 0 Å². The van der Waals surface area contributed by atoms with Gasteiger partial charge in [0.05, 0.1) is 0 Å². The molecule has 0 aliphatic rings. The molecule has 1 aromatic heterocycles. The Hall–Kier alpha value is -3.16. The lowest BCUT2D eigenvalue weighted by molar-refractivity contribution is 0.0690. The van der Waals surface area contributed by atoms with Gasteiger partial charge in [-0.3, -0.25) is 14.7 Å². The fraction of sp³-hybridized carbons (Fsp3) is 0. The topological polar surface area (TPSA) is 138 Å². The zero-order valence-corrected chi connectivity index (χ0v) is 10.1. The molecule has 5 N–H and O–H groups in total. The minimum Gasteiger partial charge on any atom is -0.477 e. The fourth-order valence-corrected chi connectivity index (χ4v) is 1.50. The summed E-state index contributed by atoms with van der Waals surface area (Å²) < 4.78 is 0. The molecule has 0 saturated carbocycles. The third-order valence-corrected chi connectivity index (χ3v) is 2.46. The molecule has 0 fully saturated rings. The number of carboxylic acids is 1. The minimum atomic E-state index is -1.19. The molecule has 20 heavy (non-hydrogen) atoms. The number of nitrogens with two attached hydrogens (primary N) is 1. The Morgan fingerprint density at radius 2 is 1.90 bits per heavy atom. The maximum atomic E-state index is 11.9. The number of hydrogen-bond acceptors (Lipinski definition) is 4. The van der Waals surface area contributed by atoms with Gasteiger partial charge in [-0.1, -0.05) is 6.07 Å². The van der Waals surface area contributed by atoms with E-state index >= 15 is 0 Å². The molecule has 0 aliphatic carbocycles. The molecular formula is C12H10N4O4. The van der Waals surface area contributed by atoms with Gasteiger partial charge in [-0.15, -0.1) is 0 Å². The second-order valence-corrected chi connectivity index (χ2v) is 3.87. The third-order valence-electron chi connectivity index (χ3n) is 2.46. The summed E-state index contributed by atoms with van der Waals surface area (Å²) in [5, 5.41) is 17.0. The second-order valence-electron chi connectivity index (χ2n) is 3.87. The van der Waals surface area contributed by atoms with E-state index in [4.69, 9.17) is 10.8 Å². The van der Waals surface area contributed by atoms with Crippen molar-refractivity contribution in [1.29, 1.82) is 0 Å². The number of carbonyl (C=O) groups excluding carboxylic acids is 2. The molecule has 102 valence electrons. The van der Waals surface area contributed by atoms with Crippen LogP contribution in [0.3, 0.4) is 0 Å². The van der Waals surface area contributed by atoms with Crippen molar-refractivity contribution in [1.82, 2.24) is 10.2 Å². The highest BCUT2D eigenvalue weighted by Crippen LogP contribution is 2.10. The van der Waals surface area contributed by atoms with Crippen LogP contribution in [0.15, 0.2) is 30.3 Å². The summed E-state index contributed by atoms with van der Waals surface area (Å²) in [5.74, 6) is -2.30. The first kappa shape index (κ1) is 13.3. The van der Waals surface area contributed by atoms with Crippen molar-refractivity contribution >= 4 is 23.6 Å². The molecule has 2 amide bonds. The third kappa shape index (κ3) is 2.80. The first-order valence-corrected chi connectivity index (χ1v) is 5.47. The number of amides is 2. The number of aromatic carboxylic acids is 1. The number of hydrogen-bond donors (Lipinski definition) is 4. The van der Waals surface area contributed by atoms with Gasteiger partial charge in [-0.2, -0.15) is 5.10 Å². The first-order valence-electron chi connectivity index (χ1n) is 5.47. The van der Waals surface area contributed by atoms with Crippen LogP contribution in [0, 0.1) is 0 Å².